The van der Waals surface area contributed by atoms with Crippen molar-refractivity contribution >= 4 is 29.1 Å². The molecular formula is C20H14ClF3N4O3. The lowest BCUT2D eigenvalue weighted by atomic mass is 10.2. The van der Waals surface area contributed by atoms with Crippen LogP contribution >= 0.6 is 11.6 Å². The number of halogens is 4. The minimum absolute atomic E-state index is 0.0175. The molecule has 0 saturated carbocycles. The van der Waals surface area contributed by atoms with Gasteiger partial charge in [-0.1, -0.05) is 17.7 Å². The Kier molecular flexibility index (Phi) is 5.85. The second-order valence-electron chi connectivity index (χ2n) is 6.47. The fourth-order valence-electron chi connectivity index (χ4n) is 2.76. The molecule has 1 heterocycles. The van der Waals surface area contributed by atoms with Crippen molar-refractivity contribution in [3.05, 3.63) is 86.3 Å². The maximum Gasteiger partial charge on any atom is 0.416 e. The lowest BCUT2D eigenvalue weighted by molar-refractivity contribution is -0.137. The first-order valence-electron chi connectivity index (χ1n) is 8.66. The summed E-state index contributed by atoms with van der Waals surface area (Å²) in [6.07, 6.45) is -4.57. The zero-order chi connectivity index (χ0) is 22.9. The van der Waals surface area contributed by atoms with Gasteiger partial charge in [0, 0.05) is 17.4 Å². The maximum atomic E-state index is 13.0. The molecule has 0 radical (unpaired) electrons. The van der Waals surface area contributed by atoms with E-state index in [1.54, 1.807) is 0 Å². The molecule has 0 aliphatic heterocycles. The second kappa shape index (κ2) is 8.23. The number of hydrogen-bond acceptors (Lipinski definition) is 4. The third-order valence-corrected chi connectivity index (χ3v) is 4.56. The highest BCUT2D eigenvalue weighted by Gasteiger charge is 2.30. The zero-order valence-electron chi connectivity index (χ0n) is 15.8. The molecule has 0 bridgehead atoms. The fourth-order valence-corrected chi connectivity index (χ4v) is 2.97. The molecule has 0 fully saturated rings. The van der Waals surface area contributed by atoms with Crippen LogP contribution in [0.4, 0.5) is 18.9 Å². The van der Waals surface area contributed by atoms with Crippen molar-refractivity contribution in [2.75, 3.05) is 5.32 Å². The average molecular weight is 451 g/mol. The third-order valence-electron chi connectivity index (χ3n) is 4.23. The number of rotatable bonds is 4. The number of hydrogen-bond donors (Lipinski definition) is 2. The lowest BCUT2D eigenvalue weighted by Crippen LogP contribution is -2.27. The number of nitrogens with zero attached hydrogens (tertiary/aromatic N) is 2. The molecule has 0 unspecified atom stereocenters. The summed E-state index contributed by atoms with van der Waals surface area (Å²) >= 11 is 5.86. The Hall–Kier alpha value is -3.66. The molecule has 0 spiro atoms. The number of aryl methyl sites for hydroxylation is 1. The van der Waals surface area contributed by atoms with Crippen LogP contribution < -0.4 is 16.5 Å². The van der Waals surface area contributed by atoms with E-state index in [1.165, 1.54) is 37.3 Å². The summed E-state index contributed by atoms with van der Waals surface area (Å²) in [6, 6.07) is 9.32. The van der Waals surface area contributed by atoms with Crippen molar-refractivity contribution in [2.45, 2.75) is 13.1 Å². The van der Waals surface area contributed by atoms with E-state index in [-0.39, 0.29) is 27.7 Å². The van der Waals surface area contributed by atoms with Gasteiger partial charge in [0.2, 0.25) is 11.3 Å². The summed E-state index contributed by atoms with van der Waals surface area (Å²) in [5, 5.41) is 6.41. The quantitative estimate of drug-likeness (QED) is 0.633. The molecule has 0 aliphatic carbocycles. The van der Waals surface area contributed by atoms with Gasteiger partial charge in [-0.05, 0) is 43.3 Å². The monoisotopic (exact) mass is 450 g/mol. The highest BCUT2D eigenvalue weighted by atomic mass is 35.5. The molecule has 3 aromatic rings. The van der Waals surface area contributed by atoms with Crippen molar-refractivity contribution in [3.63, 3.8) is 0 Å². The molecule has 0 aliphatic rings. The standard InChI is InChI=1S/C20H14ClF3N4O3/c1-10-7-16(29)17(19(31)26-12-5-6-15(21)14(9-12)18(25)30)27-28(10)13-4-2-3-11(8-13)20(22,23)24/h2-9H,1H3,(H2,25,30)(H,26,31). The molecule has 3 N–H and O–H groups in total. The predicted molar refractivity (Wildman–Crippen MR) is 107 cm³/mol. The normalized spacial score (nSPS) is 11.3. The Labute approximate surface area is 178 Å². The van der Waals surface area contributed by atoms with Crippen LogP contribution in [-0.4, -0.2) is 21.6 Å². The number of amides is 2. The Bertz CT molecular complexity index is 1260. The van der Waals surface area contributed by atoms with Gasteiger partial charge in [0.15, 0.2) is 5.69 Å². The van der Waals surface area contributed by atoms with Gasteiger partial charge >= 0.3 is 6.18 Å². The van der Waals surface area contributed by atoms with E-state index in [0.717, 1.165) is 22.9 Å². The molecule has 31 heavy (non-hydrogen) atoms. The van der Waals surface area contributed by atoms with E-state index >= 15 is 0 Å². The van der Waals surface area contributed by atoms with Gasteiger partial charge < -0.3 is 11.1 Å². The van der Waals surface area contributed by atoms with Crippen molar-refractivity contribution in [3.8, 4) is 5.69 Å². The molecule has 0 atom stereocenters. The first-order chi connectivity index (χ1) is 14.5. The number of benzene rings is 2. The highest BCUT2D eigenvalue weighted by molar-refractivity contribution is 6.34. The van der Waals surface area contributed by atoms with Crippen molar-refractivity contribution < 1.29 is 22.8 Å². The topological polar surface area (TPSA) is 107 Å². The number of primary amides is 1. The minimum Gasteiger partial charge on any atom is -0.366 e. The number of aromatic nitrogens is 2. The smallest absolute Gasteiger partial charge is 0.366 e. The molecule has 3 rings (SSSR count). The number of anilines is 1. The summed E-state index contributed by atoms with van der Waals surface area (Å²) in [4.78, 5) is 36.3. The number of alkyl halides is 3. The number of carbonyl (C=O) groups excluding carboxylic acids is 2. The number of nitrogens with two attached hydrogens (primary N) is 1. The molecule has 0 saturated heterocycles. The summed E-state index contributed by atoms with van der Waals surface area (Å²) in [7, 11) is 0. The maximum absolute atomic E-state index is 13.0. The van der Waals surface area contributed by atoms with Gasteiger partial charge in [-0.15, -0.1) is 0 Å². The van der Waals surface area contributed by atoms with E-state index < -0.39 is 34.7 Å². The summed E-state index contributed by atoms with van der Waals surface area (Å²) in [5.74, 6) is -1.75. The predicted octanol–water partition coefficient (Wildman–Crippen LogP) is 3.56. The van der Waals surface area contributed by atoms with Crippen LogP contribution in [0.5, 0.6) is 0 Å². The summed E-state index contributed by atoms with van der Waals surface area (Å²) in [5.41, 5.74) is 3.33. The van der Waals surface area contributed by atoms with Crippen LogP contribution in [0.25, 0.3) is 5.69 Å². The van der Waals surface area contributed by atoms with E-state index in [2.05, 4.69) is 10.4 Å². The van der Waals surface area contributed by atoms with Gasteiger partial charge in [0.1, 0.15) is 0 Å². The van der Waals surface area contributed by atoms with Crippen molar-refractivity contribution in [2.24, 2.45) is 5.73 Å². The molecule has 11 heteroatoms. The molecule has 7 nitrogen and oxygen atoms in total. The van der Waals surface area contributed by atoms with Gasteiger partial charge in [-0.3, -0.25) is 14.4 Å². The Morgan fingerprint density at radius 1 is 1.13 bits per heavy atom. The fraction of sp³-hybridized carbons (Fsp3) is 0.100. The van der Waals surface area contributed by atoms with E-state index in [1.807, 2.05) is 0 Å². The largest absolute Gasteiger partial charge is 0.416 e. The highest BCUT2D eigenvalue weighted by Crippen LogP contribution is 2.30. The summed E-state index contributed by atoms with van der Waals surface area (Å²) in [6.45, 7) is 1.47. The molecule has 160 valence electrons. The van der Waals surface area contributed by atoms with Crippen LogP contribution in [-0.2, 0) is 6.18 Å². The van der Waals surface area contributed by atoms with E-state index in [9.17, 15) is 27.6 Å². The van der Waals surface area contributed by atoms with Crippen LogP contribution in [0.2, 0.25) is 5.02 Å². The van der Waals surface area contributed by atoms with Crippen LogP contribution in [0, 0.1) is 6.92 Å². The molecule has 2 aromatic carbocycles. The van der Waals surface area contributed by atoms with Gasteiger partial charge in [-0.2, -0.15) is 18.3 Å². The zero-order valence-corrected chi connectivity index (χ0v) is 16.6. The van der Waals surface area contributed by atoms with Crippen molar-refractivity contribution in [1.29, 1.82) is 0 Å². The van der Waals surface area contributed by atoms with Gasteiger partial charge in [0.25, 0.3) is 5.91 Å². The Balaban J connectivity index is 2.00. The SMILES string of the molecule is Cc1cc(=O)c(C(=O)Nc2ccc(Cl)c(C(N)=O)c2)nn1-c1cccc(C(F)(F)F)c1. The van der Waals surface area contributed by atoms with Crippen LogP contribution in [0.3, 0.4) is 0 Å². The minimum atomic E-state index is -4.57. The molecular weight excluding hydrogens is 437 g/mol. The van der Waals surface area contributed by atoms with Crippen molar-refractivity contribution in [1.82, 2.24) is 9.78 Å². The van der Waals surface area contributed by atoms with Crippen LogP contribution in [0.1, 0.15) is 32.1 Å². The Morgan fingerprint density at radius 2 is 1.84 bits per heavy atom. The van der Waals surface area contributed by atoms with Gasteiger partial charge in [0.05, 0.1) is 21.8 Å². The average Bonchev–Trinajstić information content (AvgIpc) is 2.68. The Morgan fingerprint density at radius 3 is 2.48 bits per heavy atom. The molecule has 1 aromatic heterocycles. The number of nitrogens with one attached hydrogen (secondary N) is 1. The lowest BCUT2D eigenvalue weighted by Gasteiger charge is -2.14. The first-order valence-corrected chi connectivity index (χ1v) is 9.04. The summed E-state index contributed by atoms with van der Waals surface area (Å²) < 4.78 is 40.1. The second-order valence-corrected chi connectivity index (χ2v) is 6.88. The molecule has 2 amide bonds. The first kappa shape index (κ1) is 22.0. The number of carbonyl (C=O) groups is 2. The van der Waals surface area contributed by atoms with Crippen LogP contribution in [0.15, 0.2) is 53.3 Å². The van der Waals surface area contributed by atoms with Gasteiger partial charge in [-0.25, -0.2) is 4.68 Å². The van der Waals surface area contributed by atoms with E-state index in [4.69, 9.17) is 17.3 Å². The third kappa shape index (κ3) is 4.75. The van der Waals surface area contributed by atoms with E-state index in [0.29, 0.717) is 0 Å².